The highest BCUT2D eigenvalue weighted by Gasteiger charge is 2.20. The third kappa shape index (κ3) is 5.79. The van der Waals surface area contributed by atoms with Gasteiger partial charge >= 0.3 is 6.03 Å². The van der Waals surface area contributed by atoms with Crippen LogP contribution in [-0.4, -0.2) is 22.7 Å². The molecule has 0 saturated carbocycles. The molecule has 0 aliphatic heterocycles. The number of nitrogens with zero attached hydrogens (tertiary/aromatic N) is 1. The molecule has 0 saturated heterocycles. The first-order valence-corrected chi connectivity index (χ1v) is 7.74. The number of hydrogen-bond donors (Lipinski definition) is 2. The summed E-state index contributed by atoms with van der Waals surface area (Å²) >= 11 is 0. The second kappa shape index (κ2) is 7.83. The maximum Gasteiger partial charge on any atom is 0.315 e. The number of carbonyl (C=O) groups is 1. The van der Waals surface area contributed by atoms with Crippen molar-refractivity contribution in [1.29, 1.82) is 0 Å². The second-order valence-corrected chi connectivity index (χ2v) is 6.28. The van der Waals surface area contributed by atoms with E-state index in [1.165, 1.54) is 0 Å². The number of carbonyl (C=O) groups excluding carboxylic acids is 1. The van der Waals surface area contributed by atoms with Crippen LogP contribution >= 0.6 is 0 Å². The van der Waals surface area contributed by atoms with Crippen LogP contribution in [0.4, 0.5) is 4.79 Å². The van der Waals surface area contributed by atoms with Gasteiger partial charge in [0.2, 0.25) is 0 Å². The van der Waals surface area contributed by atoms with Crippen LogP contribution in [-0.2, 0) is 24.9 Å². The fourth-order valence-corrected chi connectivity index (χ4v) is 2.24. The molecule has 1 aromatic carbocycles. The average molecular weight is 315 g/mol. The van der Waals surface area contributed by atoms with Gasteiger partial charge in [0.15, 0.2) is 0 Å². The summed E-state index contributed by atoms with van der Waals surface area (Å²) in [7, 11) is 1.95. The predicted octanol–water partition coefficient (Wildman–Crippen LogP) is 2.82. The summed E-state index contributed by atoms with van der Waals surface area (Å²) in [6.07, 6.45) is 1.95. The minimum atomic E-state index is -0.437. The fraction of sp³-hybridized carbons (Fsp3) is 0.389. The third-order valence-electron chi connectivity index (χ3n) is 3.51. The van der Waals surface area contributed by atoms with Gasteiger partial charge in [-0.05, 0) is 31.5 Å². The molecular weight excluding hydrogens is 290 g/mol. The van der Waals surface area contributed by atoms with Gasteiger partial charge in [-0.2, -0.15) is 0 Å². The van der Waals surface area contributed by atoms with Crippen molar-refractivity contribution in [3.8, 4) is 0 Å². The van der Waals surface area contributed by atoms with Crippen molar-refractivity contribution >= 4 is 6.03 Å². The Hall–Kier alpha value is -2.27. The van der Waals surface area contributed by atoms with Gasteiger partial charge in [0.25, 0.3) is 0 Å². The summed E-state index contributed by atoms with van der Waals surface area (Å²) in [5, 5.41) is 5.80. The highest BCUT2D eigenvalue weighted by molar-refractivity contribution is 5.74. The van der Waals surface area contributed by atoms with E-state index in [1.54, 1.807) is 0 Å². The lowest BCUT2D eigenvalue weighted by molar-refractivity contribution is 0.0743. The zero-order valence-corrected chi connectivity index (χ0v) is 14.0. The quantitative estimate of drug-likeness (QED) is 0.825. The Morgan fingerprint density at radius 3 is 2.57 bits per heavy atom. The summed E-state index contributed by atoms with van der Waals surface area (Å²) in [5.41, 5.74) is 1.74. The third-order valence-corrected chi connectivity index (χ3v) is 3.51. The van der Waals surface area contributed by atoms with Crippen LogP contribution in [0.2, 0.25) is 0 Å². The van der Waals surface area contributed by atoms with E-state index in [-0.39, 0.29) is 6.03 Å². The first-order valence-electron chi connectivity index (χ1n) is 7.74. The standard InChI is InChI=1S/C18H25N3O2/c1-18(2,14-23-13-15-8-5-4-6-9-15)20-17(22)19-12-16-10-7-11-21(16)3/h4-11H,12-14H2,1-3H3,(H2,19,20,22). The zero-order chi connectivity index (χ0) is 16.7. The van der Waals surface area contributed by atoms with Gasteiger partial charge in [-0.25, -0.2) is 4.79 Å². The van der Waals surface area contributed by atoms with E-state index >= 15 is 0 Å². The van der Waals surface area contributed by atoms with Crippen LogP contribution in [0.1, 0.15) is 25.1 Å². The molecule has 2 aromatic rings. The largest absolute Gasteiger partial charge is 0.374 e. The fourth-order valence-electron chi connectivity index (χ4n) is 2.24. The van der Waals surface area contributed by atoms with Crippen LogP contribution < -0.4 is 10.6 Å². The van der Waals surface area contributed by atoms with E-state index in [0.29, 0.717) is 19.8 Å². The maximum absolute atomic E-state index is 12.0. The van der Waals surface area contributed by atoms with Crippen molar-refractivity contribution in [2.45, 2.75) is 32.5 Å². The van der Waals surface area contributed by atoms with Crippen LogP contribution in [0.5, 0.6) is 0 Å². The molecule has 0 atom stereocenters. The number of amides is 2. The molecule has 0 fully saturated rings. The molecule has 5 nitrogen and oxygen atoms in total. The number of urea groups is 1. The molecule has 1 heterocycles. The van der Waals surface area contributed by atoms with E-state index in [4.69, 9.17) is 4.74 Å². The Morgan fingerprint density at radius 2 is 1.91 bits per heavy atom. The van der Waals surface area contributed by atoms with E-state index in [2.05, 4.69) is 10.6 Å². The molecule has 2 N–H and O–H groups in total. The average Bonchev–Trinajstić information content (AvgIpc) is 2.91. The Balaban J connectivity index is 1.71. The number of aryl methyl sites for hydroxylation is 1. The molecule has 0 aliphatic rings. The van der Waals surface area contributed by atoms with E-state index < -0.39 is 5.54 Å². The number of benzene rings is 1. The van der Waals surface area contributed by atoms with Crippen molar-refractivity contribution in [2.75, 3.05) is 6.61 Å². The molecule has 2 rings (SSSR count). The Morgan fingerprint density at radius 1 is 1.17 bits per heavy atom. The summed E-state index contributed by atoms with van der Waals surface area (Å²) in [5.74, 6) is 0. The maximum atomic E-state index is 12.0. The minimum Gasteiger partial charge on any atom is -0.374 e. The van der Waals surface area contributed by atoms with Crippen LogP contribution in [0.25, 0.3) is 0 Å². The number of hydrogen-bond acceptors (Lipinski definition) is 2. The van der Waals surface area contributed by atoms with Gasteiger partial charge in [0.05, 0.1) is 25.3 Å². The van der Waals surface area contributed by atoms with Gasteiger partial charge in [0.1, 0.15) is 0 Å². The van der Waals surface area contributed by atoms with Crippen molar-refractivity contribution in [3.63, 3.8) is 0 Å². The van der Waals surface area contributed by atoms with Crippen molar-refractivity contribution in [2.24, 2.45) is 7.05 Å². The normalized spacial score (nSPS) is 11.3. The van der Waals surface area contributed by atoms with Crippen LogP contribution in [0.15, 0.2) is 48.7 Å². The van der Waals surface area contributed by atoms with Crippen molar-refractivity contribution in [1.82, 2.24) is 15.2 Å². The van der Waals surface area contributed by atoms with Crippen molar-refractivity contribution in [3.05, 3.63) is 59.9 Å². The first-order chi connectivity index (χ1) is 11.0. The summed E-state index contributed by atoms with van der Waals surface area (Å²) in [6.45, 7) is 5.37. The lowest BCUT2D eigenvalue weighted by Crippen LogP contribution is -2.50. The summed E-state index contributed by atoms with van der Waals surface area (Å²) in [6, 6.07) is 13.7. The number of aromatic nitrogens is 1. The molecule has 0 spiro atoms. The molecule has 124 valence electrons. The minimum absolute atomic E-state index is 0.195. The Labute approximate surface area is 137 Å². The van der Waals surface area contributed by atoms with E-state index in [0.717, 1.165) is 11.3 Å². The van der Waals surface area contributed by atoms with Gasteiger partial charge < -0.3 is 19.9 Å². The van der Waals surface area contributed by atoms with Crippen LogP contribution in [0, 0.1) is 0 Å². The first kappa shape index (κ1) is 17.1. The molecule has 5 heteroatoms. The molecule has 0 bridgehead atoms. The van der Waals surface area contributed by atoms with Gasteiger partial charge in [-0.1, -0.05) is 30.3 Å². The van der Waals surface area contributed by atoms with Crippen molar-refractivity contribution < 1.29 is 9.53 Å². The lowest BCUT2D eigenvalue weighted by Gasteiger charge is -2.26. The predicted molar refractivity (Wildman–Crippen MR) is 91.0 cm³/mol. The Bertz CT molecular complexity index is 620. The van der Waals surface area contributed by atoms with Gasteiger partial charge in [-0.3, -0.25) is 0 Å². The second-order valence-electron chi connectivity index (χ2n) is 6.28. The lowest BCUT2D eigenvalue weighted by atomic mass is 10.1. The molecular formula is C18H25N3O2. The highest BCUT2D eigenvalue weighted by atomic mass is 16.5. The zero-order valence-electron chi connectivity index (χ0n) is 14.0. The summed E-state index contributed by atoms with van der Waals surface area (Å²) in [4.78, 5) is 12.0. The number of rotatable bonds is 7. The van der Waals surface area contributed by atoms with Gasteiger partial charge in [0, 0.05) is 18.9 Å². The number of ether oxygens (including phenoxy) is 1. The van der Waals surface area contributed by atoms with E-state index in [1.807, 2.05) is 74.1 Å². The van der Waals surface area contributed by atoms with Crippen LogP contribution in [0.3, 0.4) is 0 Å². The molecule has 0 unspecified atom stereocenters. The van der Waals surface area contributed by atoms with Gasteiger partial charge in [-0.15, -0.1) is 0 Å². The SMILES string of the molecule is Cn1cccc1CNC(=O)NC(C)(C)COCc1ccccc1. The smallest absolute Gasteiger partial charge is 0.315 e. The van der Waals surface area contributed by atoms with E-state index in [9.17, 15) is 4.79 Å². The molecule has 1 aromatic heterocycles. The molecule has 23 heavy (non-hydrogen) atoms. The Kier molecular flexibility index (Phi) is 5.82. The summed E-state index contributed by atoms with van der Waals surface area (Å²) < 4.78 is 7.69. The topological polar surface area (TPSA) is 55.3 Å². The molecule has 0 aliphatic carbocycles. The monoisotopic (exact) mass is 315 g/mol. The highest BCUT2D eigenvalue weighted by Crippen LogP contribution is 2.07. The molecule has 0 radical (unpaired) electrons. The molecule has 2 amide bonds. The number of nitrogens with one attached hydrogen (secondary N) is 2.